The van der Waals surface area contributed by atoms with E-state index in [9.17, 15) is 4.39 Å². The Hall–Kier alpha value is -0.900. The maximum Gasteiger partial charge on any atom is 0.145 e. The minimum Gasteiger partial charge on any atom is -0.383 e. The molecule has 1 N–H and O–H groups in total. The van der Waals surface area contributed by atoms with E-state index in [0.29, 0.717) is 12.0 Å². The van der Waals surface area contributed by atoms with E-state index < -0.39 is 0 Å². The van der Waals surface area contributed by atoms with Crippen molar-refractivity contribution < 1.29 is 9.13 Å². The van der Waals surface area contributed by atoms with Gasteiger partial charge in [-0.1, -0.05) is 35.4 Å². The SMILES string of the molecule is COCCNCC/C=C(/C)Cc1cccc(Cl)c1F. The maximum atomic E-state index is 13.7. The average Bonchev–Trinajstić information content (AvgIpc) is 2.39. The van der Waals surface area contributed by atoms with Crippen molar-refractivity contribution in [3.63, 3.8) is 0 Å². The molecule has 0 amide bonds. The van der Waals surface area contributed by atoms with Crippen LogP contribution in [0.25, 0.3) is 0 Å². The molecule has 19 heavy (non-hydrogen) atoms. The summed E-state index contributed by atoms with van der Waals surface area (Å²) in [5.41, 5.74) is 1.79. The third-order valence-electron chi connectivity index (χ3n) is 2.80. The molecule has 0 saturated carbocycles. The highest BCUT2D eigenvalue weighted by Gasteiger charge is 2.06. The second kappa shape index (κ2) is 9.08. The predicted molar refractivity (Wildman–Crippen MR) is 78.2 cm³/mol. The van der Waals surface area contributed by atoms with Gasteiger partial charge in [-0.15, -0.1) is 0 Å². The summed E-state index contributed by atoms with van der Waals surface area (Å²) >= 11 is 5.76. The summed E-state index contributed by atoms with van der Waals surface area (Å²) in [6, 6.07) is 5.12. The van der Waals surface area contributed by atoms with Gasteiger partial charge in [0.15, 0.2) is 0 Å². The first-order valence-corrected chi connectivity index (χ1v) is 6.81. The zero-order valence-corrected chi connectivity index (χ0v) is 12.3. The van der Waals surface area contributed by atoms with Crippen LogP contribution in [-0.4, -0.2) is 26.8 Å². The van der Waals surface area contributed by atoms with Crippen molar-refractivity contribution in [1.82, 2.24) is 5.32 Å². The molecule has 0 unspecified atom stereocenters. The number of halogens is 2. The van der Waals surface area contributed by atoms with Crippen molar-refractivity contribution >= 4 is 11.6 Å². The van der Waals surface area contributed by atoms with Crippen molar-refractivity contribution in [2.24, 2.45) is 0 Å². The number of hydrogen-bond donors (Lipinski definition) is 1. The highest BCUT2D eigenvalue weighted by Crippen LogP contribution is 2.20. The van der Waals surface area contributed by atoms with Crippen molar-refractivity contribution in [1.29, 1.82) is 0 Å². The molecule has 0 fully saturated rings. The third kappa shape index (κ3) is 6.19. The molecule has 106 valence electrons. The van der Waals surface area contributed by atoms with E-state index in [1.807, 2.05) is 6.92 Å². The Balaban J connectivity index is 2.37. The van der Waals surface area contributed by atoms with Crippen molar-refractivity contribution in [2.45, 2.75) is 19.8 Å². The minimum atomic E-state index is -0.310. The lowest BCUT2D eigenvalue weighted by Gasteiger charge is -2.06. The average molecular weight is 286 g/mol. The Kier molecular flexibility index (Phi) is 7.72. The van der Waals surface area contributed by atoms with Gasteiger partial charge in [0.1, 0.15) is 5.82 Å². The van der Waals surface area contributed by atoms with Gasteiger partial charge in [0.05, 0.1) is 11.6 Å². The molecule has 0 bridgehead atoms. The topological polar surface area (TPSA) is 21.3 Å². The molecule has 0 aromatic heterocycles. The predicted octanol–water partition coefficient (Wildman–Crippen LogP) is 3.59. The summed E-state index contributed by atoms with van der Waals surface area (Å²) in [6.45, 7) is 4.48. The van der Waals surface area contributed by atoms with Crippen LogP contribution in [-0.2, 0) is 11.2 Å². The van der Waals surface area contributed by atoms with Gasteiger partial charge >= 0.3 is 0 Å². The second-order valence-electron chi connectivity index (χ2n) is 4.47. The fourth-order valence-corrected chi connectivity index (χ4v) is 1.97. The molecule has 0 aliphatic carbocycles. The lowest BCUT2D eigenvalue weighted by molar-refractivity contribution is 0.199. The summed E-state index contributed by atoms with van der Waals surface area (Å²) in [5, 5.41) is 3.45. The van der Waals surface area contributed by atoms with Crippen LogP contribution in [0.1, 0.15) is 18.9 Å². The molecule has 0 heterocycles. The Labute approximate surface area is 119 Å². The molecule has 0 atom stereocenters. The summed E-state index contributed by atoms with van der Waals surface area (Å²) in [5.74, 6) is -0.310. The Morgan fingerprint density at radius 3 is 2.95 bits per heavy atom. The number of ether oxygens (including phenoxy) is 1. The number of allylic oxidation sites excluding steroid dienone is 1. The van der Waals surface area contributed by atoms with Gasteiger partial charge in [-0.25, -0.2) is 4.39 Å². The second-order valence-corrected chi connectivity index (χ2v) is 4.88. The van der Waals surface area contributed by atoms with E-state index in [1.165, 1.54) is 0 Å². The van der Waals surface area contributed by atoms with Crippen LogP contribution in [0.5, 0.6) is 0 Å². The molecule has 0 spiro atoms. The standard InChI is InChI=1S/C15H21ClFNO/c1-12(5-4-8-18-9-10-19-2)11-13-6-3-7-14(16)15(13)17/h3,5-7,18H,4,8-11H2,1-2H3/b12-5-. The number of hydrogen-bond acceptors (Lipinski definition) is 2. The maximum absolute atomic E-state index is 13.7. The molecule has 0 saturated heterocycles. The monoisotopic (exact) mass is 285 g/mol. The molecule has 0 aliphatic heterocycles. The van der Waals surface area contributed by atoms with Gasteiger partial charge in [-0.2, -0.15) is 0 Å². The van der Waals surface area contributed by atoms with E-state index in [4.69, 9.17) is 16.3 Å². The van der Waals surface area contributed by atoms with Crippen molar-refractivity contribution in [2.75, 3.05) is 26.8 Å². The molecular weight excluding hydrogens is 265 g/mol. The highest BCUT2D eigenvalue weighted by atomic mass is 35.5. The quantitative estimate of drug-likeness (QED) is 0.582. The normalized spacial score (nSPS) is 11.9. The first kappa shape index (κ1) is 16.2. The molecule has 1 aromatic carbocycles. The van der Waals surface area contributed by atoms with Crippen LogP contribution in [0.2, 0.25) is 5.02 Å². The lowest BCUT2D eigenvalue weighted by Crippen LogP contribution is -2.19. The van der Waals surface area contributed by atoms with Crippen LogP contribution in [0.15, 0.2) is 29.8 Å². The molecule has 1 aromatic rings. The molecule has 1 rings (SSSR count). The summed E-state index contributed by atoms with van der Waals surface area (Å²) in [4.78, 5) is 0. The molecule has 0 aliphatic rings. The number of methoxy groups -OCH3 is 1. The lowest BCUT2D eigenvalue weighted by atomic mass is 10.0. The van der Waals surface area contributed by atoms with E-state index in [0.717, 1.165) is 31.7 Å². The van der Waals surface area contributed by atoms with Crippen LogP contribution in [0.3, 0.4) is 0 Å². The first-order chi connectivity index (χ1) is 9.15. The van der Waals surface area contributed by atoms with Gasteiger partial charge < -0.3 is 10.1 Å². The fourth-order valence-electron chi connectivity index (χ4n) is 1.78. The number of benzene rings is 1. The van der Waals surface area contributed by atoms with E-state index in [1.54, 1.807) is 25.3 Å². The molecule has 2 nitrogen and oxygen atoms in total. The zero-order chi connectivity index (χ0) is 14.1. The van der Waals surface area contributed by atoms with Gasteiger partial charge in [0.25, 0.3) is 0 Å². The summed E-state index contributed by atoms with van der Waals surface area (Å²) in [6.07, 6.45) is 3.66. The van der Waals surface area contributed by atoms with Crippen LogP contribution < -0.4 is 5.32 Å². The Morgan fingerprint density at radius 2 is 2.21 bits per heavy atom. The van der Waals surface area contributed by atoms with Gasteiger partial charge in [-0.05, 0) is 37.9 Å². The Bertz CT molecular complexity index is 421. The van der Waals surface area contributed by atoms with E-state index in [2.05, 4.69) is 11.4 Å². The number of rotatable bonds is 8. The highest BCUT2D eigenvalue weighted by molar-refractivity contribution is 6.30. The third-order valence-corrected chi connectivity index (χ3v) is 3.09. The van der Waals surface area contributed by atoms with Crippen LogP contribution >= 0.6 is 11.6 Å². The van der Waals surface area contributed by atoms with Gasteiger partial charge in [-0.3, -0.25) is 0 Å². The van der Waals surface area contributed by atoms with E-state index in [-0.39, 0.29) is 10.8 Å². The summed E-state index contributed by atoms with van der Waals surface area (Å²) < 4.78 is 18.6. The van der Waals surface area contributed by atoms with Crippen LogP contribution in [0.4, 0.5) is 4.39 Å². The van der Waals surface area contributed by atoms with E-state index >= 15 is 0 Å². The van der Waals surface area contributed by atoms with Gasteiger partial charge in [0, 0.05) is 13.7 Å². The molecule has 4 heteroatoms. The summed E-state index contributed by atoms with van der Waals surface area (Å²) in [7, 11) is 1.69. The van der Waals surface area contributed by atoms with Crippen molar-refractivity contribution in [3.8, 4) is 0 Å². The van der Waals surface area contributed by atoms with Crippen molar-refractivity contribution in [3.05, 3.63) is 46.3 Å². The minimum absolute atomic E-state index is 0.187. The first-order valence-electron chi connectivity index (χ1n) is 6.43. The largest absolute Gasteiger partial charge is 0.383 e. The smallest absolute Gasteiger partial charge is 0.145 e. The molecule has 0 radical (unpaired) electrons. The molecular formula is C15H21ClFNO. The number of nitrogens with one attached hydrogen (secondary N) is 1. The zero-order valence-electron chi connectivity index (χ0n) is 11.5. The fraction of sp³-hybridized carbons (Fsp3) is 0.467. The van der Waals surface area contributed by atoms with Crippen LogP contribution in [0, 0.1) is 5.82 Å². The Morgan fingerprint density at radius 1 is 1.42 bits per heavy atom. The van der Waals surface area contributed by atoms with Gasteiger partial charge in [0.2, 0.25) is 0 Å².